The second-order valence-electron chi connectivity index (χ2n) is 5.94. The lowest BCUT2D eigenvalue weighted by molar-refractivity contribution is 0.151. The van der Waals surface area contributed by atoms with Gasteiger partial charge in [-0.2, -0.15) is 0 Å². The van der Waals surface area contributed by atoms with Gasteiger partial charge in [0.25, 0.3) is 0 Å². The van der Waals surface area contributed by atoms with E-state index in [9.17, 15) is 13.6 Å². The van der Waals surface area contributed by atoms with Crippen molar-refractivity contribution in [1.29, 1.82) is 0 Å². The Morgan fingerprint density at radius 3 is 2.45 bits per heavy atom. The zero-order valence-corrected chi connectivity index (χ0v) is 13.1. The average molecular weight is 332 g/mol. The van der Waals surface area contributed by atoms with Crippen molar-refractivity contribution in [2.24, 2.45) is 0 Å². The van der Waals surface area contributed by atoms with Crippen LogP contribution in [0.4, 0.5) is 19.3 Å². The Morgan fingerprint density at radius 2 is 1.86 bits per heavy atom. The molecule has 2 atom stereocenters. The first-order valence-electron chi connectivity index (χ1n) is 7.27. The quantitative estimate of drug-likeness (QED) is 0.874. The topological polar surface area (TPSA) is 44.4 Å². The summed E-state index contributed by atoms with van der Waals surface area (Å²) in [5.74, 6) is -1.43. The molecule has 3 rings (SSSR count). The predicted molar refractivity (Wildman–Crippen MR) is 83.4 cm³/mol. The maximum Gasteiger partial charge on any atom is 0.319 e. The Labute approximate surface area is 134 Å². The average Bonchev–Trinajstić information content (AvgIpc) is 2.64. The van der Waals surface area contributed by atoms with Crippen LogP contribution in [-0.2, 0) is 0 Å². The van der Waals surface area contributed by atoms with Gasteiger partial charge in [-0.25, -0.2) is 13.6 Å². The summed E-state index contributed by atoms with van der Waals surface area (Å²) in [6, 6.07) is 3.83. The third-order valence-corrected chi connectivity index (χ3v) is 4.61. The smallest absolute Gasteiger partial charge is 0.319 e. The highest BCUT2D eigenvalue weighted by Gasteiger charge is 2.38. The summed E-state index contributed by atoms with van der Waals surface area (Å²) >= 11 is 0. The lowest BCUT2D eigenvalue weighted by Crippen LogP contribution is -2.49. The van der Waals surface area contributed by atoms with Gasteiger partial charge >= 0.3 is 6.03 Å². The number of nitrogens with one attached hydrogen (secondary N) is 2. The van der Waals surface area contributed by atoms with Crippen LogP contribution in [0.5, 0.6) is 0 Å². The van der Waals surface area contributed by atoms with Crippen LogP contribution < -0.4 is 10.6 Å². The molecule has 2 N–H and O–H groups in total. The number of hydrogen-bond acceptors (Lipinski definition) is 2. The molecule has 22 heavy (non-hydrogen) atoms. The molecule has 2 heterocycles. The lowest BCUT2D eigenvalue weighted by atomic mass is 9.98. The van der Waals surface area contributed by atoms with E-state index in [0.717, 1.165) is 25.0 Å². The minimum absolute atomic E-state index is 0. The zero-order chi connectivity index (χ0) is 15.0. The van der Waals surface area contributed by atoms with Crippen molar-refractivity contribution in [2.75, 3.05) is 12.4 Å². The maximum atomic E-state index is 13.5. The first-order chi connectivity index (χ1) is 10.0. The van der Waals surface area contributed by atoms with Crippen LogP contribution in [0.15, 0.2) is 18.2 Å². The van der Waals surface area contributed by atoms with Crippen molar-refractivity contribution in [1.82, 2.24) is 10.2 Å². The first kappa shape index (κ1) is 17.0. The Hall–Kier alpha value is -1.40. The summed E-state index contributed by atoms with van der Waals surface area (Å²) in [7, 11) is 2.13. The van der Waals surface area contributed by atoms with Crippen molar-refractivity contribution < 1.29 is 13.6 Å². The lowest BCUT2D eigenvalue weighted by Gasteiger charge is -2.36. The van der Waals surface area contributed by atoms with E-state index in [-0.39, 0.29) is 24.1 Å². The first-order valence-corrected chi connectivity index (χ1v) is 7.27. The van der Waals surface area contributed by atoms with E-state index in [0.29, 0.717) is 12.1 Å². The summed E-state index contributed by atoms with van der Waals surface area (Å²) in [5.41, 5.74) is -0.00944. The van der Waals surface area contributed by atoms with E-state index in [1.165, 1.54) is 18.9 Å². The van der Waals surface area contributed by atoms with Crippen LogP contribution >= 0.6 is 12.4 Å². The molecule has 2 amide bonds. The van der Waals surface area contributed by atoms with Crippen molar-refractivity contribution in [3.05, 3.63) is 29.8 Å². The molecule has 1 aromatic rings. The Morgan fingerprint density at radius 1 is 1.23 bits per heavy atom. The predicted octanol–water partition coefficient (Wildman–Crippen LogP) is 3.13. The number of carbonyl (C=O) groups excluding carboxylic acids is 1. The number of rotatable bonds is 2. The second-order valence-corrected chi connectivity index (χ2v) is 5.94. The number of amides is 2. The highest BCUT2D eigenvalue weighted by Crippen LogP contribution is 2.34. The highest BCUT2D eigenvalue weighted by molar-refractivity contribution is 5.89. The van der Waals surface area contributed by atoms with Gasteiger partial charge in [0.05, 0.1) is 5.69 Å². The fourth-order valence-corrected chi connectivity index (χ4v) is 3.46. The van der Waals surface area contributed by atoms with E-state index < -0.39 is 17.7 Å². The zero-order valence-electron chi connectivity index (χ0n) is 12.3. The van der Waals surface area contributed by atoms with Gasteiger partial charge in [0.15, 0.2) is 0 Å². The number of benzene rings is 1. The number of nitrogens with zero attached hydrogens (tertiary/aromatic N) is 1. The number of fused-ring (bicyclic) bond motifs is 2. The summed E-state index contributed by atoms with van der Waals surface area (Å²) in [6.45, 7) is 0. The van der Waals surface area contributed by atoms with Crippen LogP contribution in [0.25, 0.3) is 0 Å². The van der Waals surface area contributed by atoms with E-state index in [1.54, 1.807) is 0 Å². The summed E-state index contributed by atoms with van der Waals surface area (Å²) in [4.78, 5) is 14.3. The van der Waals surface area contributed by atoms with Gasteiger partial charge < -0.3 is 15.5 Å². The number of piperidine rings is 1. The fourth-order valence-electron chi connectivity index (χ4n) is 3.46. The van der Waals surface area contributed by atoms with Crippen molar-refractivity contribution >= 4 is 24.1 Å². The van der Waals surface area contributed by atoms with Gasteiger partial charge in [0.1, 0.15) is 11.6 Å². The standard InChI is InChI=1S/C15H19F2N3O.ClH/c1-20-11-3-4-12(20)8-10(7-11)18-15(21)19-14-5-2-9(16)6-13(14)17;/h2,5-6,10-12H,3-4,7-8H2,1H3,(H2,18,19,21);1H. The maximum absolute atomic E-state index is 13.5. The molecule has 0 aliphatic carbocycles. The van der Waals surface area contributed by atoms with Crippen LogP contribution in [0.3, 0.4) is 0 Å². The van der Waals surface area contributed by atoms with Gasteiger partial charge in [-0.1, -0.05) is 0 Å². The molecule has 2 aliphatic heterocycles. The molecule has 2 fully saturated rings. The van der Waals surface area contributed by atoms with Crippen LogP contribution in [0.1, 0.15) is 25.7 Å². The second kappa shape index (κ2) is 6.79. The van der Waals surface area contributed by atoms with E-state index in [2.05, 4.69) is 22.6 Å². The molecule has 2 saturated heterocycles. The molecular formula is C15H20ClF2N3O. The van der Waals surface area contributed by atoms with Gasteiger partial charge in [-0.3, -0.25) is 0 Å². The minimum Gasteiger partial charge on any atom is -0.335 e. The monoisotopic (exact) mass is 331 g/mol. The summed E-state index contributed by atoms with van der Waals surface area (Å²) in [6.07, 6.45) is 4.19. The van der Waals surface area contributed by atoms with Gasteiger partial charge in [-0.05, 0) is 44.9 Å². The molecule has 0 aromatic heterocycles. The Kier molecular flexibility index (Phi) is 5.24. The summed E-state index contributed by atoms with van der Waals surface area (Å²) in [5, 5.41) is 5.33. The van der Waals surface area contributed by atoms with Gasteiger partial charge in [0, 0.05) is 24.2 Å². The van der Waals surface area contributed by atoms with Crippen molar-refractivity contribution in [3.8, 4) is 0 Å². The van der Waals surface area contributed by atoms with Crippen molar-refractivity contribution in [3.63, 3.8) is 0 Å². The van der Waals surface area contributed by atoms with Crippen LogP contribution in [-0.4, -0.2) is 36.1 Å². The van der Waals surface area contributed by atoms with Crippen molar-refractivity contribution in [2.45, 2.75) is 43.8 Å². The van der Waals surface area contributed by atoms with Gasteiger partial charge in [0.2, 0.25) is 0 Å². The molecule has 0 spiro atoms. The van der Waals surface area contributed by atoms with Crippen LogP contribution in [0.2, 0.25) is 0 Å². The van der Waals surface area contributed by atoms with Crippen LogP contribution in [0, 0.1) is 11.6 Å². The Bertz CT molecular complexity index is 544. The normalized spacial score (nSPS) is 27.1. The number of halogens is 3. The molecule has 2 aliphatic rings. The number of urea groups is 1. The SMILES string of the molecule is CN1C2CCC1CC(NC(=O)Nc1ccc(F)cc1F)C2.Cl. The molecular weight excluding hydrogens is 312 g/mol. The van der Waals surface area contributed by atoms with Gasteiger partial charge in [-0.15, -0.1) is 12.4 Å². The third kappa shape index (κ3) is 3.50. The summed E-state index contributed by atoms with van der Waals surface area (Å²) < 4.78 is 26.3. The molecule has 4 nitrogen and oxygen atoms in total. The molecule has 1 aromatic carbocycles. The largest absolute Gasteiger partial charge is 0.335 e. The number of carbonyl (C=O) groups is 1. The third-order valence-electron chi connectivity index (χ3n) is 4.61. The molecule has 0 saturated carbocycles. The molecule has 0 radical (unpaired) electrons. The van der Waals surface area contributed by atoms with E-state index in [1.807, 2.05) is 0 Å². The molecule has 2 bridgehead atoms. The minimum atomic E-state index is -0.770. The van der Waals surface area contributed by atoms with E-state index >= 15 is 0 Å². The fraction of sp³-hybridized carbons (Fsp3) is 0.533. The molecule has 122 valence electrons. The molecule has 2 unspecified atom stereocenters. The van der Waals surface area contributed by atoms with E-state index in [4.69, 9.17) is 0 Å². The Balaban J connectivity index is 0.00000176. The number of anilines is 1. The number of hydrogen-bond donors (Lipinski definition) is 2. The molecule has 7 heteroatoms. The highest BCUT2D eigenvalue weighted by atomic mass is 35.5.